The van der Waals surface area contributed by atoms with Crippen molar-refractivity contribution in [2.45, 2.75) is 36.6 Å². The average Bonchev–Trinajstić information content (AvgIpc) is 3.41. The zero-order valence-electron chi connectivity index (χ0n) is 16.8. The summed E-state index contributed by atoms with van der Waals surface area (Å²) in [4.78, 5) is 16.1. The summed E-state index contributed by atoms with van der Waals surface area (Å²) in [5.74, 6) is 0.0805. The van der Waals surface area contributed by atoms with Crippen LogP contribution in [0, 0.1) is 0 Å². The number of nitrogens with one attached hydrogen (secondary N) is 1. The molecule has 2 saturated heterocycles. The van der Waals surface area contributed by atoms with Gasteiger partial charge in [0.25, 0.3) is 0 Å². The van der Waals surface area contributed by atoms with Crippen LogP contribution in [-0.2, 0) is 14.8 Å². The number of rotatable bonds is 7. The molecular formula is C22H26ClN3O3S. The monoisotopic (exact) mass is 447 g/mol. The largest absolute Gasteiger partial charge is 0.312 e. The molecule has 2 aliphatic heterocycles. The van der Waals surface area contributed by atoms with E-state index in [2.05, 4.69) is 9.62 Å². The van der Waals surface area contributed by atoms with Crippen LogP contribution in [0.15, 0.2) is 53.4 Å². The lowest BCUT2D eigenvalue weighted by Gasteiger charge is -2.29. The van der Waals surface area contributed by atoms with Gasteiger partial charge < -0.3 is 4.90 Å². The van der Waals surface area contributed by atoms with Crippen LogP contribution in [0.25, 0.3) is 0 Å². The van der Waals surface area contributed by atoms with Crippen LogP contribution >= 0.6 is 11.6 Å². The van der Waals surface area contributed by atoms with Crippen molar-refractivity contribution in [2.24, 2.45) is 0 Å². The number of carbonyl (C=O) groups is 1. The number of hydrogen-bond acceptors (Lipinski definition) is 4. The van der Waals surface area contributed by atoms with Crippen LogP contribution in [0.2, 0.25) is 5.02 Å². The van der Waals surface area contributed by atoms with Crippen molar-refractivity contribution in [2.75, 3.05) is 31.1 Å². The Balaban J connectivity index is 1.50. The van der Waals surface area contributed by atoms with E-state index in [0.29, 0.717) is 18.0 Å². The number of hydrogen-bond donors (Lipinski definition) is 1. The van der Waals surface area contributed by atoms with Gasteiger partial charge in [-0.3, -0.25) is 9.69 Å². The van der Waals surface area contributed by atoms with Crippen molar-refractivity contribution in [1.29, 1.82) is 0 Å². The Morgan fingerprint density at radius 3 is 2.30 bits per heavy atom. The fourth-order valence-corrected chi connectivity index (χ4v) is 5.53. The minimum Gasteiger partial charge on any atom is -0.312 e. The molecule has 1 N–H and O–H groups in total. The van der Waals surface area contributed by atoms with Crippen molar-refractivity contribution in [3.8, 4) is 0 Å². The van der Waals surface area contributed by atoms with Gasteiger partial charge in [0, 0.05) is 36.3 Å². The maximum atomic E-state index is 12.9. The van der Waals surface area contributed by atoms with Crippen molar-refractivity contribution in [3.05, 3.63) is 59.1 Å². The van der Waals surface area contributed by atoms with Crippen LogP contribution < -0.4 is 9.62 Å². The molecule has 0 aromatic heterocycles. The summed E-state index contributed by atoms with van der Waals surface area (Å²) < 4.78 is 28.6. The molecule has 2 aromatic carbocycles. The lowest BCUT2D eigenvalue weighted by atomic mass is 10.1. The molecule has 8 heteroatoms. The molecule has 30 heavy (non-hydrogen) atoms. The smallest absolute Gasteiger partial charge is 0.240 e. The van der Waals surface area contributed by atoms with Crippen molar-refractivity contribution in [3.63, 3.8) is 0 Å². The summed E-state index contributed by atoms with van der Waals surface area (Å²) >= 11 is 6.42. The number of carbonyl (C=O) groups excluding carboxylic acids is 1. The third-order valence-corrected chi connectivity index (χ3v) is 7.63. The molecule has 0 radical (unpaired) electrons. The molecule has 0 unspecified atom stereocenters. The molecule has 2 aliphatic rings. The summed E-state index contributed by atoms with van der Waals surface area (Å²) in [6, 6.07) is 14.0. The molecule has 160 valence electrons. The van der Waals surface area contributed by atoms with E-state index in [1.54, 1.807) is 29.2 Å². The van der Waals surface area contributed by atoms with Gasteiger partial charge in [0.2, 0.25) is 15.9 Å². The van der Waals surface area contributed by atoms with Crippen molar-refractivity contribution in [1.82, 2.24) is 9.62 Å². The van der Waals surface area contributed by atoms with Gasteiger partial charge in [0.15, 0.2) is 0 Å². The number of nitrogens with zero attached hydrogens (tertiary/aromatic N) is 2. The predicted molar refractivity (Wildman–Crippen MR) is 118 cm³/mol. The van der Waals surface area contributed by atoms with Gasteiger partial charge in [0.1, 0.15) is 0 Å². The molecule has 1 atom stereocenters. The number of likely N-dealkylation sites (tertiary alicyclic amines) is 1. The Bertz CT molecular complexity index is 1000. The van der Waals surface area contributed by atoms with E-state index in [-0.39, 0.29) is 23.4 Å². The lowest BCUT2D eigenvalue weighted by molar-refractivity contribution is -0.117. The molecule has 2 fully saturated rings. The normalized spacial score (nSPS) is 18.8. The second kappa shape index (κ2) is 9.06. The third kappa shape index (κ3) is 4.54. The molecule has 0 spiro atoms. The molecule has 2 aromatic rings. The highest BCUT2D eigenvalue weighted by Crippen LogP contribution is 2.30. The summed E-state index contributed by atoms with van der Waals surface area (Å²) in [6.07, 6.45) is 3.58. The minimum absolute atomic E-state index is 0.0805. The first-order chi connectivity index (χ1) is 14.5. The van der Waals surface area contributed by atoms with Gasteiger partial charge in [-0.1, -0.05) is 29.8 Å². The van der Waals surface area contributed by atoms with Crippen LogP contribution in [0.4, 0.5) is 5.69 Å². The van der Waals surface area contributed by atoms with Gasteiger partial charge in [-0.25, -0.2) is 13.1 Å². The third-order valence-electron chi connectivity index (χ3n) is 5.84. The molecule has 0 saturated carbocycles. The van der Waals surface area contributed by atoms with Gasteiger partial charge in [0.05, 0.1) is 4.90 Å². The zero-order chi connectivity index (χ0) is 21.1. The zero-order valence-corrected chi connectivity index (χ0v) is 18.3. The van der Waals surface area contributed by atoms with Gasteiger partial charge in [-0.15, -0.1) is 0 Å². The van der Waals surface area contributed by atoms with Crippen LogP contribution in [0.5, 0.6) is 0 Å². The fraction of sp³-hybridized carbons (Fsp3) is 0.409. The molecular weight excluding hydrogens is 422 g/mol. The second-order valence-corrected chi connectivity index (χ2v) is 9.95. The number of sulfonamides is 1. The Labute approximate surface area is 182 Å². The molecule has 4 rings (SSSR count). The topological polar surface area (TPSA) is 69.7 Å². The highest BCUT2D eigenvalue weighted by molar-refractivity contribution is 7.89. The van der Waals surface area contributed by atoms with Crippen LogP contribution in [0.3, 0.4) is 0 Å². The van der Waals surface area contributed by atoms with E-state index < -0.39 is 10.0 Å². The fourth-order valence-electron chi connectivity index (χ4n) is 4.23. The highest BCUT2D eigenvalue weighted by Gasteiger charge is 2.27. The molecule has 0 bridgehead atoms. The summed E-state index contributed by atoms with van der Waals surface area (Å²) in [6.45, 7) is 2.78. The van der Waals surface area contributed by atoms with E-state index in [9.17, 15) is 13.2 Å². The van der Waals surface area contributed by atoms with Gasteiger partial charge >= 0.3 is 0 Å². The lowest BCUT2D eigenvalue weighted by Crippen LogP contribution is -2.37. The minimum atomic E-state index is -3.68. The number of anilines is 1. The quantitative estimate of drug-likeness (QED) is 0.704. The highest BCUT2D eigenvalue weighted by atomic mass is 35.5. The summed E-state index contributed by atoms with van der Waals surface area (Å²) in [5, 5.41) is 0.647. The van der Waals surface area contributed by atoms with Crippen molar-refractivity contribution < 1.29 is 13.2 Å². The van der Waals surface area contributed by atoms with Crippen LogP contribution in [-0.4, -0.2) is 45.4 Å². The second-order valence-electron chi connectivity index (χ2n) is 7.78. The van der Waals surface area contributed by atoms with Gasteiger partial charge in [-0.05, 0) is 68.2 Å². The van der Waals surface area contributed by atoms with E-state index in [1.165, 1.54) is 0 Å². The number of benzene rings is 2. The van der Waals surface area contributed by atoms with Crippen LogP contribution in [0.1, 0.15) is 37.3 Å². The SMILES string of the molecule is O=C1CCCN1c1ccc(S(=O)(=O)NC[C@H](c2ccccc2Cl)N2CCCC2)cc1. The first kappa shape index (κ1) is 21.3. The first-order valence-electron chi connectivity index (χ1n) is 10.3. The predicted octanol–water partition coefficient (Wildman–Crippen LogP) is 3.58. The summed E-state index contributed by atoms with van der Waals surface area (Å²) in [7, 11) is -3.68. The maximum Gasteiger partial charge on any atom is 0.240 e. The standard InChI is InChI=1S/C22H26ClN3O3S/c23-20-7-2-1-6-19(20)21(25-13-3-4-14-25)16-24-30(28,29)18-11-9-17(10-12-18)26-15-5-8-22(26)27/h1-2,6-7,9-12,21,24H,3-5,8,13-16H2/t21-/m1/s1. The Kier molecular flexibility index (Phi) is 6.43. The molecule has 6 nitrogen and oxygen atoms in total. The van der Waals surface area contributed by atoms with E-state index in [0.717, 1.165) is 43.6 Å². The molecule has 0 aliphatic carbocycles. The Morgan fingerprint density at radius 2 is 1.67 bits per heavy atom. The Morgan fingerprint density at radius 1 is 0.967 bits per heavy atom. The Hall–Kier alpha value is -1.93. The number of halogens is 1. The molecule has 1 amide bonds. The number of amides is 1. The van der Waals surface area contributed by atoms with E-state index in [4.69, 9.17) is 11.6 Å². The van der Waals surface area contributed by atoms with Gasteiger partial charge in [-0.2, -0.15) is 0 Å². The molecule has 2 heterocycles. The maximum absolute atomic E-state index is 12.9. The first-order valence-corrected chi connectivity index (χ1v) is 12.2. The average molecular weight is 448 g/mol. The van der Waals surface area contributed by atoms with E-state index in [1.807, 2.05) is 24.3 Å². The van der Waals surface area contributed by atoms with Crippen molar-refractivity contribution >= 4 is 33.2 Å². The van der Waals surface area contributed by atoms with E-state index >= 15 is 0 Å². The summed E-state index contributed by atoms with van der Waals surface area (Å²) in [5.41, 5.74) is 1.68.